The lowest BCUT2D eigenvalue weighted by atomic mass is 10.00. The Hall–Kier alpha value is -1.41. The van der Waals surface area contributed by atoms with Crippen LogP contribution in [-0.2, 0) is 9.53 Å². The van der Waals surface area contributed by atoms with E-state index in [-0.39, 0.29) is 11.9 Å². The maximum Gasteiger partial charge on any atom is 0.166 e. The minimum atomic E-state index is -0.0490. The highest BCUT2D eigenvalue weighted by atomic mass is 16.5. The lowest BCUT2D eigenvalue weighted by Crippen LogP contribution is -2.05. The summed E-state index contributed by atoms with van der Waals surface area (Å²) < 4.78 is 5.18. The van der Waals surface area contributed by atoms with Crippen molar-refractivity contribution in [1.82, 2.24) is 0 Å². The van der Waals surface area contributed by atoms with Gasteiger partial charge in [-0.1, -0.05) is 24.3 Å². The molecule has 0 aromatic heterocycles. The highest BCUT2D eigenvalue weighted by Gasteiger charge is 2.25. The van der Waals surface area contributed by atoms with E-state index in [1.54, 1.807) is 7.11 Å². The van der Waals surface area contributed by atoms with E-state index < -0.39 is 0 Å². The second kappa shape index (κ2) is 3.99. The van der Waals surface area contributed by atoms with Crippen LogP contribution in [0.5, 0.6) is 0 Å². The van der Waals surface area contributed by atoms with Crippen molar-refractivity contribution in [2.75, 3.05) is 7.11 Å². The second-order valence-electron chi connectivity index (χ2n) is 3.80. The zero-order chi connectivity index (χ0) is 10.8. The van der Waals surface area contributed by atoms with Crippen LogP contribution in [0.4, 0.5) is 0 Å². The third kappa shape index (κ3) is 1.85. The number of hydrogen-bond donors (Lipinski definition) is 0. The van der Waals surface area contributed by atoms with Crippen LogP contribution >= 0.6 is 0 Å². The van der Waals surface area contributed by atoms with Gasteiger partial charge < -0.3 is 4.74 Å². The average Bonchev–Trinajstić information content (AvgIpc) is 2.60. The largest absolute Gasteiger partial charge is 0.377 e. The van der Waals surface area contributed by atoms with Gasteiger partial charge in [-0.25, -0.2) is 0 Å². The zero-order valence-electron chi connectivity index (χ0n) is 8.99. The van der Waals surface area contributed by atoms with Crippen molar-refractivity contribution in [2.45, 2.75) is 19.4 Å². The van der Waals surface area contributed by atoms with E-state index in [2.05, 4.69) is 0 Å². The summed E-state index contributed by atoms with van der Waals surface area (Å²) in [5.41, 5.74) is 2.97. The highest BCUT2D eigenvalue weighted by molar-refractivity contribution is 6.23. The van der Waals surface area contributed by atoms with Crippen molar-refractivity contribution < 1.29 is 9.53 Å². The monoisotopic (exact) mass is 202 g/mol. The molecule has 0 amide bonds. The molecule has 0 unspecified atom stereocenters. The lowest BCUT2D eigenvalue weighted by Gasteiger charge is -2.04. The molecule has 0 aliphatic heterocycles. The molecule has 1 aliphatic carbocycles. The summed E-state index contributed by atoms with van der Waals surface area (Å²) in [6.07, 6.45) is 2.34. The fourth-order valence-corrected chi connectivity index (χ4v) is 1.90. The first-order chi connectivity index (χ1) is 7.22. The molecule has 0 spiro atoms. The van der Waals surface area contributed by atoms with Crippen LogP contribution < -0.4 is 0 Å². The normalized spacial score (nSPS) is 20.5. The summed E-state index contributed by atoms with van der Waals surface area (Å²) in [5.74, 6) is 0.177. The third-order valence-electron chi connectivity index (χ3n) is 2.78. The quantitative estimate of drug-likeness (QED) is 0.736. The standard InChI is InChI=1S/C13H14O2/c1-9-5-3-4-6-11(9)12-7-10(15-2)8-13(12)14/h3-7,10H,8H2,1-2H3/t10-/m1/s1. The number of ether oxygens (including phenoxy) is 1. The van der Waals surface area contributed by atoms with Crippen molar-refractivity contribution >= 4 is 11.4 Å². The Labute approximate surface area is 89.6 Å². The van der Waals surface area contributed by atoms with Gasteiger partial charge in [-0.15, -0.1) is 0 Å². The summed E-state index contributed by atoms with van der Waals surface area (Å²) in [5, 5.41) is 0. The van der Waals surface area contributed by atoms with Gasteiger partial charge in [0.15, 0.2) is 5.78 Å². The van der Waals surface area contributed by atoms with Gasteiger partial charge in [0.25, 0.3) is 0 Å². The van der Waals surface area contributed by atoms with Crippen LogP contribution in [0.2, 0.25) is 0 Å². The van der Waals surface area contributed by atoms with Gasteiger partial charge in [-0.3, -0.25) is 4.79 Å². The van der Waals surface area contributed by atoms with E-state index in [0.29, 0.717) is 6.42 Å². The minimum Gasteiger partial charge on any atom is -0.377 e. The van der Waals surface area contributed by atoms with Crippen LogP contribution in [-0.4, -0.2) is 19.0 Å². The molecule has 1 atom stereocenters. The molecule has 15 heavy (non-hydrogen) atoms. The molecule has 0 saturated heterocycles. The van der Waals surface area contributed by atoms with Gasteiger partial charge in [0, 0.05) is 19.1 Å². The highest BCUT2D eigenvalue weighted by Crippen LogP contribution is 2.28. The maximum absolute atomic E-state index is 11.7. The van der Waals surface area contributed by atoms with Crippen molar-refractivity contribution in [3.05, 3.63) is 41.5 Å². The molecule has 0 radical (unpaired) electrons. The van der Waals surface area contributed by atoms with Crippen LogP contribution in [0.1, 0.15) is 17.5 Å². The molecule has 0 heterocycles. The van der Waals surface area contributed by atoms with Gasteiger partial charge in [-0.05, 0) is 24.1 Å². The molecule has 0 N–H and O–H groups in total. The first-order valence-electron chi connectivity index (χ1n) is 5.06. The Morgan fingerprint density at radius 1 is 1.33 bits per heavy atom. The number of carbonyl (C=O) groups is 1. The molecular weight excluding hydrogens is 188 g/mol. The molecule has 1 aromatic rings. The predicted molar refractivity (Wildman–Crippen MR) is 59.6 cm³/mol. The predicted octanol–water partition coefficient (Wildman–Crippen LogP) is 2.37. The summed E-state index contributed by atoms with van der Waals surface area (Å²) in [7, 11) is 1.63. The first-order valence-corrected chi connectivity index (χ1v) is 5.06. The van der Waals surface area contributed by atoms with Gasteiger partial charge in [0.1, 0.15) is 0 Å². The fraction of sp³-hybridized carbons (Fsp3) is 0.308. The number of Topliss-reactive ketones (excluding diaryl/α,β-unsaturated/α-hetero) is 1. The Bertz CT molecular complexity index is 418. The minimum absolute atomic E-state index is 0.0490. The van der Waals surface area contributed by atoms with Gasteiger partial charge >= 0.3 is 0 Å². The van der Waals surface area contributed by atoms with E-state index in [9.17, 15) is 4.79 Å². The van der Waals surface area contributed by atoms with E-state index >= 15 is 0 Å². The number of benzene rings is 1. The van der Waals surface area contributed by atoms with Gasteiger partial charge in [0.05, 0.1) is 6.10 Å². The maximum atomic E-state index is 11.7. The van der Waals surface area contributed by atoms with Crippen molar-refractivity contribution in [3.63, 3.8) is 0 Å². The molecule has 78 valence electrons. The van der Waals surface area contributed by atoms with E-state index in [1.807, 2.05) is 37.3 Å². The fourth-order valence-electron chi connectivity index (χ4n) is 1.90. The number of methoxy groups -OCH3 is 1. The molecule has 1 aliphatic rings. The summed E-state index contributed by atoms with van der Waals surface area (Å²) in [4.78, 5) is 11.7. The van der Waals surface area contributed by atoms with Crippen molar-refractivity contribution in [3.8, 4) is 0 Å². The molecule has 0 bridgehead atoms. The lowest BCUT2D eigenvalue weighted by molar-refractivity contribution is -0.114. The molecule has 1 aromatic carbocycles. The summed E-state index contributed by atoms with van der Waals surface area (Å²) in [6, 6.07) is 7.93. The smallest absolute Gasteiger partial charge is 0.166 e. The zero-order valence-corrected chi connectivity index (χ0v) is 8.99. The Balaban J connectivity index is 2.40. The van der Waals surface area contributed by atoms with Gasteiger partial charge in [0.2, 0.25) is 0 Å². The van der Waals surface area contributed by atoms with Crippen LogP contribution in [0.3, 0.4) is 0 Å². The average molecular weight is 202 g/mol. The number of hydrogen-bond acceptors (Lipinski definition) is 2. The first kappa shape index (κ1) is 10.1. The van der Waals surface area contributed by atoms with Crippen LogP contribution in [0.15, 0.2) is 30.3 Å². The molecule has 2 heteroatoms. The second-order valence-corrected chi connectivity index (χ2v) is 3.80. The molecule has 0 fully saturated rings. The number of carbonyl (C=O) groups excluding carboxylic acids is 1. The number of aryl methyl sites for hydroxylation is 1. The van der Waals surface area contributed by atoms with E-state index in [0.717, 1.165) is 16.7 Å². The SMILES string of the molecule is CO[C@@H]1C=C(c2ccccc2C)C(=O)C1. The molecule has 2 rings (SSSR count). The Morgan fingerprint density at radius 2 is 2.07 bits per heavy atom. The number of rotatable bonds is 2. The number of ketones is 1. The van der Waals surface area contributed by atoms with Crippen LogP contribution in [0.25, 0.3) is 5.57 Å². The van der Waals surface area contributed by atoms with E-state index in [1.165, 1.54) is 0 Å². The third-order valence-corrected chi connectivity index (χ3v) is 2.78. The van der Waals surface area contributed by atoms with E-state index in [4.69, 9.17) is 4.74 Å². The molecule has 0 saturated carbocycles. The topological polar surface area (TPSA) is 26.3 Å². The Morgan fingerprint density at radius 3 is 2.67 bits per heavy atom. The molecule has 2 nitrogen and oxygen atoms in total. The van der Waals surface area contributed by atoms with Crippen LogP contribution in [0, 0.1) is 6.92 Å². The van der Waals surface area contributed by atoms with Crippen molar-refractivity contribution in [2.24, 2.45) is 0 Å². The number of allylic oxidation sites excluding steroid dienone is 1. The van der Waals surface area contributed by atoms with Crippen molar-refractivity contribution in [1.29, 1.82) is 0 Å². The van der Waals surface area contributed by atoms with Gasteiger partial charge in [-0.2, -0.15) is 0 Å². The Kier molecular flexibility index (Phi) is 2.69. The summed E-state index contributed by atoms with van der Waals surface area (Å²) in [6.45, 7) is 2.02. The molecular formula is C13H14O2. The summed E-state index contributed by atoms with van der Waals surface area (Å²) >= 11 is 0.